The van der Waals surface area contributed by atoms with Crippen LogP contribution >= 0.6 is 0 Å². The van der Waals surface area contributed by atoms with E-state index in [1.807, 2.05) is 0 Å². The van der Waals surface area contributed by atoms with Crippen LogP contribution in [-0.4, -0.2) is 4.57 Å². The molecule has 262 valence electrons. The summed E-state index contributed by atoms with van der Waals surface area (Å²) < 4.78 is 2.48. The molecule has 0 aliphatic carbocycles. The SMILES string of the molecule is c1ccc(-c2ccc(N(c3ccc4ccccc4c3)c3ccc(-n4c5ccccc5c5c6c(-c7ccccc7)cccc6ccc54)c4ccccc34)cc2)cc1. The summed E-state index contributed by atoms with van der Waals surface area (Å²) in [6.45, 7) is 0. The molecule has 10 aromatic carbocycles. The molecule has 0 unspecified atom stereocenters. The third-order valence-corrected chi connectivity index (χ3v) is 11.3. The van der Waals surface area contributed by atoms with Gasteiger partial charge in [-0.3, -0.25) is 0 Å². The number of hydrogen-bond acceptors (Lipinski definition) is 1. The van der Waals surface area contributed by atoms with Gasteiger partial charge in [0.1, 0.15) is 0 Å². The molecule has 11 aromatic rings. The molecule has 11 rings (SSSR count). The molecule has 2 heteroatoms. The molecule has 1 aromatic heterocycles. The van der Waals surface area contributed by atoms with E-state index >= 15 is 0 Å². The van der Waals surface area contributed by atoms with E-state index in [0.717, 1.165) is 22.7 Å². The number of rotatable bonds is 6. The molecule has 1 heterocycles. The van der Waals surface area contributed by atoms with E-state index in [4.69, 9.17) is 0 Å². The monoisotopic (exact) mass is 712 g/mol. The van der Waals surface area contributed by atoms with Gasteiger partial charge in [-0.15, -0.1) is 0 Å². The van der Waals surface area contributed by atoms with Gasteiger partial charge in [0.2, 0.25) is 0 Å². The van der Waals surface area contributed by atoms with Crippen LogP contribution in [0.5, 0.6) is 0 Å². The normalized spacial score (nSPS) is 11.6. The molecule has 0 N–H and O–H groups in total. The van der Waals surface area contributed by atoms with E-state index in [-0.39, 0.29) is 0 Å². The fraction of sp³-hybridized carbons (Fsp3) is 0. The first kappa shape index (κ1) is 32.0. The third-order valence-electron chi connectivity index (χ3n) is 11.3. The Morgan fingerprint density at radius 1 is 0.321 bits per heavy atom. The fourth-order valence-electron chi connectivity index (χ4n) is 8.79. The van der Waals surface area contributed by atoms with E-state index in [2.05, 4.69) is 228 Å². The Balaban J connectivity index is 1.16. The van der Waals surface area contributed by atoms with Crippen molar-refractivity contribution in [2.45, 2.75) is 0 Å². The highest BCUT2D eigenvalue weighted by Gasteiger charge is 2.21. The van der Waals surface area contributed by atoms with Crippen molar-refractivity contribution in [2.24, 2.45) is 0 Å². The Bertz CT molecular complexity index is 3230. The van der Waals surface area contributed by atoms with Crippen molar-refractivity contribution in [3.8, 4) is 27.9 Å². The minimum atomic E-state index is 1.11. The van der Waals surface area contributed by atoms with Gasteiger partial charge in [-0.05, 0) is 92.3 Å². The summed E-state index contributed by atoms with van der Waals surface area (Å²) >= 11 is 0. The number of hydrogen-bond donors (Lipinski definition) is 0. The summed E-state index contributed by atoms with van der Waals surface area (Å²) in [5.41, 5.74) is 11.8. The average molecular weight is 713 g/mol. The minimum Gasteiger partial charge on any atom is -0.310 e. The molecule has 2 nitrogen and oxygen atoms in total. The second-order valence-corrected chi connectivity index (χ2v) is 14.5. The highest BCUT2D eigenvalue weighted by atomic mass is 15.1. The number of fused-ring (bicyclic) bond motifs is 7. The summed E-state index contributed by atoms with van der Waals surface area (Å²) in [6.07, 6.45) is 0. The predicted molar refractivity (Wildman–Crippen MR) is 239 cm³/mol. The van der Waals surface area contributed by atoms with E-state index in [9.17, 15) is 0 Å². The molecular weight excluding hydrogens is 677 g/mol. The number of benzene rings is 10. The Kier molecular flexibility index (Phi) is 7.53. The van der Waals surface area contributed by atoms with Crippen LogP contribution in [0.2, 0.25) is 0 Å². The zero-order chi connectivity index (χ0) is 37.0. The average Bonchev–Trinajstić information content (AvgIpc) is 3.61. The molecule has 0 amide bonds. The topological polar surface area (TPSA) is 8.17 Å². The third kappa shape index (κ3) is 5.19. The van der Waals surface area contributed by atoms with Crippen LogP contribution in [0.4, 0.5) is 17.1 Å². The van der Waals surface area contributed by atoms with Gasteiger partial charge in [0.25, 0.3) is 0 Å². The molecule has 0 fully saturated rings. The van der Waals surface area contributed by atoms with Crippen molar-refractivity contribution in [2.75, 3.05) is 4.90 Å². The summed E-state index contributed by atoms with van der Waals surface area (Å²) in [5, 5.41) is 9.87. The van der Waals surface area contributed by atoms with Crippen molar-refractivity contribution in [1.82, 2.24) is 4.57 Å². The molecule has 0 spiro atoms. The lowest BCUT2D eigenvalue weighted by atomic mass is 9.94. The maximum absolute atomic E-state index is 2.48. The highest BCUT2D eigenvalue weighted by molar-refractivity contribution is 6.25. The highest BCUT2D eigenvalue weighted by Crippen LogP contribution is 2.45. The second kappa shape index (κ2) is 13.2. The van der Waals surface area contributed by atoms with Gasteiger partial charge in [0, 0.05) is 32.9 Å². The summed E-state index contributed by atoms with van der Waals surface area (Å²) in [5.74, 6) is 0. The Hall–Kier alpha value is -7.42. The number of aromatic nitrogens is 1. The standard InChI is InChI=1S/C54H36N2/c1-3-14-37(15-4-1)39-26-30-43(31-27-39)55(44-32-28-38-16-7-8-19-42(38)36-44)50-34-35-51(47-22-10-9-21-46(47)50)56-49-25-12-11-23-48(49)54-52(56)33-29-41-20-13-24-45(53(41)54)40-17-5-2-6-18-40/h1-36H. The van der Waals surface area contributed by atoms with Gasteiger partial charge in [-0.2, -0.15) is 0 Å². The zero-order valence-corrected chi connectivity index (χ0v) is 30.7. The van der Waals surface area contributed by atoms with Crippen molar-refractivity contribution in [1.29, 1.82) is 0 Å². The van der Waals surface area contributed by atoms with Crippen LogP contribution in [0.3, 0.4) is 0 Å². The van der Waals surface area contributed by atoms with Gasteiger partial charge >= 0.3 is 0 Å². The molecule has 0 bridgehead atoms. The van der Waals surface area contributed by atoms with Crippen molar-refractivity contribution in [3.63, 3.8) is 0 Å². The molecule has 0 radical (unpaired) electrons. The quantitative estimate of drug-likeness (QED) is 0.167. The van der Waals surface area contributed by atoms with Gasteiger partial charge in [0.05, 0.1) is 22.4 Å². The van der Waals surface area contributed by atoms with Crippen molar-refractivity contribution in [3.05, 3.63) is 218 Å². The largest absolute Gasteiger partial charge is 0.310 e. The van der Waals surface area contributed by atoms with Gasteiger partial charge in [0.15, 0.2) is 0 Å². The fourth-order valence-corrected chi connectivity index (χ4v) is 8.79. The molecular formula is C54H36N2. The first-order chi connectivity index (χ1) is 27.8. The predicted octanol–water partition coefficient (Wildman–Crippen LogP) is 15.0. The first-order valence-corrected chi connectivity index (χ1v) is 19.3. The molecule has 0 aliphatic heterocycles. The second-order valence-electron chi connectivity index (χ2n) is 14.5. The molecule has 0 saturated carbocycles. The maximum atomic E-state index is 2.48. The van der Waals surface area contributed by atoms with Gasteiger partial charge < -0.3 is 9.47 Å². The lowest BCUT2D eigenvalue weighted by Crippen LogP contribution is -2.11. The lowest BCUT2D eigenvalue weighted by Gasteiger charge is -2.28. The van der Waals surface area contributed by atoms with Crippen LogP contribution in [0.1, 0.15) is 0 Å². The molecule has 0 atom stereocenters. The molecule has 0 aliphatic rings. The van der Waals surface area contributed by atoms with Crippen LogP contribution in [-0.2, 0) is 0 Å². The number of para-hydroxylation sites is 1. The van der Waals surface area contributed by atoms with Gasteiger partial charge in [-0.25, -0.2) is 0 Å². The first-order valence-electron chi connectivity index (χ1n) is 19.3. The number of nitrogens with zero attached hydrogens (tertiary/aromatic N) is 2. The summed E-state index contributed by atoms with van der Waals surface area (Å²) in [7, 11) is 0. The van der Waals surface area contributed by atoms with E-state index < -0.39 is 0 Å². The van der Waals surface area contributed by atoms with Gasteiger partial charge in [-0.1, -0.05) is 170 Å². The van der Waals surface area contributed by atoms with Crippen LogP contribution < -0.4 is 4.90 Å². The van der Waals surface area contributed by atoms with E-state index in [1.165, 1.54) is 76.4 Å². The Labute approximate surface area is 325 Å². The van der Waals surface area contributed by atoms with Crippen LogP contribution in [0.15, 0.2) is 218 Å². The smallest absolute Gasteiger partial charge is 0.0548 e. The van der Waals surface area contributed by atoms with Crippen molar-refractivity contribution < 1.29 is 0 Å². The minimum absolute atomic E-state index is 1.11. The molecule has 0 saturated heterocycles. The zero-order valence-electron chi connectivity index (χ0n) is 30.7. The number of anilines is 3. The van der Waals surface area contributed by atoms with Crippen LogP contribution in [0, 0.1) is 0 Å². The summed E-state index contributed by atoms with van der Waals surface area (Å²) in [4.78, 5) is 2.42. The van der Waals surface area contributed by atoms with Crippen molar-refractivity contribution >= 4 is 71.2 Å². The van der Waals surface area contributed by atoms with Crippen LogP contribution in [0.25, 0.3) is 82.1 Å². The Morgan fingerprint density at radius 2 is 0.929 bits per heavy atom. The van der Waals surface area contributed by atoms with E-state index in [1.54, 1.807) is 0 Å². The summed E-state index contributed by atoms with van der Waals surface area (Å²) in [6, 6.07) is 79.5. The molecule has 56 heavy (non-hydrogen) atoms. The Morgan fingerprint density at radius 3 is 1.73 bits per heavy atom. The lowest BCUT2D eigenvalue weighted by molar-refractivity contribution is 1.19. The maximum Gasteiger partial charge on any atom is 0.0548 e. The van der Waals surface area contributed by atoms with E-state index in [0.29, 0.717) is 0 Å².